The van der Waals surface area contributed by atoms with Crippen molar-refractivity contribution in [3.63, 3.8) is 0 Å². The Balaban J connectivity index is 1.53. The first-order valence-electron chi connectivity index (χ1n) is 6.90. The number of nitrogens with zero attached hydrogens (tertiary/aromatic N) is 2. The highest BCUT2D eigenvalue weighted by molar-refractivity contribution is 7.15. The predicted molar refractivity (Wildman–Crippen MR) is 79.9 cm³/mol. The van der Waals surface area contributed by atoms with Crippen LogP contribution in [-0.4, -0.2) is 16.2 Å². The van der Waals surface area contributed by atoms with Crippen LogP contribution in [0.1, 0.15) is 41.8 Å². The topological polar surface area (TPSA) is 37.8 Å². The molecule has 0 radical (unpaired) electrons. The molecule has 19 heavy (non-hydrogen) atoms. The molecule has 1 heterocycles. The quantitative estimate of drug-likeness (QED) is 0.921. The van der Waals surface area contributed by atoms with Crippen LogP contribution in [-0.2, 0) is 6.42 Å². The van der Waals surface area contributed by atoms with Crippen LogP contribution in [0, 0.1) is 6.92 Å². The van der Waals surface area contributed by atoms with Gasteiger partial charge in [0, 0.05) is 6.04 Å². The second-order valence-electron chi connectivity index (χ2n) is 5.27. The van der Waals surface area contributed by atoms with Crippen molar-refractivity contribution >= 4 is 16.5 Å². The third kappa shape index (κ3) is 2.78. The highest BCUT2D eigenvalue weighted by Crippen LogP contribution is 2.38. The van der Waals surface area contributed by atoms with Crippen molar-refractivity contribution in [2.75, 3.05) is 5.32 Å². The summed E-state index contributed by atoms with van der Waals surface area (Å²) in [6, 6.07) is 9.49. The lowest BCUT2D eigenvalue weighted by Crippen LogP contribution is -2.33. The molecule has 3 rings (SSSR count). The molecule has 0 spiro atoms. The molecule has 3 nitrogen and oxygen atoms in total. The van der Waals surface area contributed by atoms with E-state index in [1.165, 1.54) is 24.0 Å². The maximum absolute atomic E-state index is 4.18. The van der Waals surface area contributed by atoms with Gasteiger partial charge in [-0.1, -0.05) is 48.1 Å². The monoisotopic (exact) mass is 273 g/mol. The molecule has 0 amide bonds. The van der Waals surface area contributed by atoms with Gasteiger partial charge in [0.25, 0.3) is 0 Å². The lowest BCUT2D eigenvalue weighted by Gasteiger charge is -2.36. The van der Waals surface area contributed by atoms with Gasteiger partial charge in [0.15, 0.2) is 0 Å². The van der Waals surface area contributed by atoms with Crippen molar-refractivity contribution in [1.82, 2.24) is 10.2 Å². The lowest BCUT2D eigenvalue weighted by molar-refractivity contribution is 0.374. The fourth-order valence-corrected chi connectivity index (χ4v) is 3.23. The van der Waals surface area contributed by atoms with Gasteiger partial charge >= 0.3 is 0 Å². The first kappa shape index (κ1) is 12.6. The molecule has 2 aromatic rings. The van der Waals surface area contributed by atoms with E-state index in [2.05, 4.69) is 53.6 Å². The minimum absolute atomic E-state index is 0.559. The second kappa shape index (κ2) is 5.29. The average Bonchev–Trinajstić information content (AvgIpc) is 2.82. The molecule has 4 heteroatoms. The Morgan fingerprint density at radius 1 is 1.21 bits per heavy atom. The molecule has 1 aliphatic rings. The van der Waals surface area contributed by atoms with Crippen LogP contribution in [0.3, 0.4) is 0 Å². The number of hydrogen-bond donors (Lipinski definition) is 1. The highest BCUT2D eigenvalue weighted by atomic mass is 32.1. The van der Waals surface area contributed by atoms with Crippen molar-refractivity contribution in [3.05, 3.63) is 40.4 Å². The number of rotatable bonds is 4. The van der Waals surface area contributed by atoms with Gasteiger partial charge in [0.1, 0.15) is 5.01 Å². The smallest absolute Gasteiger partial charge is 0.205 e. The molecule has 1 aliphatic carbocycles. The Labute approximate surface area is 118 Å². The van der Waals surface area contributed by atoms with Crippen LogP contribution < -0.4 is 5.32 Å². The molecule has 0 aliphatic heterocycles. The van der Waals surface area contributed by atoms with E-state index in [0.29, 0.717) is 12.0 Å². The Kier molecular flexibility index (Phi) is 3.51. The molecule has 1 saturated carbocycles. The summed E-state index contributed by atoms with van der Waals surface area (Å²) in [5.74, 6) is 0.705. The van der Waals surface area contributed by atoms with Gasteiger partial charge in [-0.2, -0.15) is 0 Å². The van der Waals surface area contributed by atoms with E-state index in [0.717, 1.165) is 16.6 Å². The standard InChI is InChI=1S/C15H19N3S/c1-3-14-17-18-15(19-14)16-13-8-12(9-13)11-6-4-10(2)5-7-11/h4-7,12-13H,3,8-9H2,1-2H3,(H,16,18). The molecule has 100 valence electrons. The number of anilines is 1. The SMILES string of the molecule is CCc1nnc(NC2CC(c3ccc(C)cc3)C2)s1. The van der Waals surface area contributed by atoms with Crippen LogP contribution >= 0.6 is 11.3 Å². The number of benzene rings is 1. The fraction of sp³-hybridized carbons (Fsp3) is 0.467. The number of aromatic nitrogens is 2. The minimum atomic E-state index is 0.559. The molecule has 0 unspecified atom stereocenters. The Hall–Kier alpha value is -1.42. The lowest BCUT2D eigenvalue weighted by atomic mass is 9.76. The summed E-state index contributed by atoms with van der Waals surface area (Å²) in [7, 11) is 0. The largest absolute Gasteiger partial charge is 0.357 e. The van der Waals surface area contributed by atoms with E-state index in [1.807, 2.05) is 0 Å². The van der Waals surface area contributed by atoms with E-state index in [9.17, 15) is 0 Å². The summed E-state index contributed by atoms with van der Waals surface area (Å²) < 4.78 is 0. The van der Waals surface area contributed by atoms with Gasteiger partial charge in [0.2, 0.25) is 5.13 Å². The zero-order chi connectivity index (χ0) is 13.2. The molecular weight excluding hydrogens is 254 g/mol. The number of aryl methyl sites for hydroxylation is 2. The van der Waals surface area contributed by atoms with Gasteiger partial charge in [-0.25, -0.2) is 0 Å². The summed E-state index contributed by atoms with van der Waals surface area (Å²) in [6.45, 7) is 4.25. The molecule has 1 fully saturated rings. The van der Waals surface area contributed by atoms with Crippen LogP contribution in [0.5, 0.6) is 0 Å². The maximum atomic E-state index is 4.18. The van der Waals surface area contributed by atoms with E-state index in [1.54, 1.807) is 11.3 Å². The summed E-state index contributed by atoms with van der Waals surface area (Å²) in [6.07, 6.45) is 3.37. The Bertz CT molecular complexity index is 541. The molecular formula is C15H19N3S. The average molecular weight is 273 g/mol. The summed E-state index contributed by atoms with van der Waals surface area (Å²) in [5, 5.41) is 13.9. The first-order chi connectivity index (χ1) is 9.24. The fourth-order valence-electron chi connectivity index (χ4n) is 2.48. The summed E-state index contributed by atoms with van der Waals surface area (Å²) in [4.78, 5) is 0. The van der Waals surface area contributed by atoms with Crippen LogP contribution in [0.15, 0.2) is 24.3 Å². The zero-order valence-electron chi connectivity index (χ0n) is 11.4. The van der Waals surface area contributed by atoms with E-state index in [4.69, 9.17) is 0 Å². The van der Waals surface area contributed by atoms with Crippen LogP contribution in [0.25, 0.3) is 0 Å². The molecule has 1 N–H and O–H groups in total. The van der Waals surface area contributed by atoms with Gasteiger partial charge in [0.05, 0.1) is 0 Å². The van der Waals surface area contributed by atoms with E-state index < -0.39 is 0 Å². The van der Waals surface area contributed by atoms with Gasteiger partial charge in [-0.3, -0.25) is 0 Å². The minimum Gasteiger partial charge on any atom is -0.357 e. The molecule has 1 aromatic heterocycles. The molecule has 0 bridgehead atoms. The first-order valence-corrected chi connectivity index (χ1v) is 7.71. The van der Waals surface area contributed by atoms with Crippen molar-refractivity contribution < 1.29 is 0 Å². The highest BCUT2D eigenvalue weighted by Gasteiger charge is 2.30. The molecule has 1 aromatic carbocycles. The van der Waals surface area contributed by atoms with Gasteiger partial charge in [-0.15, -0.1) is 10.2 Å². The predicted octanol–water partition coefficient (Wildman–Crippen LogP) is 3.77. The Morgan fingerprint density at radius 3 is 2.58 bits per heavy atom. The van der Waals surface area contributed by atoms with E-state index in [-0.39, 0.29) is 0 Å². The van der Waals surface area contributed by atoms with Crippen LogP contribution in [0.2, 0.25) is 0 Å². The third-order valence-electron chi connectivity index (χ3n) is 3.78. The van der Waals surface area contributed by atoms with Crippen molar-refractivity contribution in [2.45, 2.75) is 45.1 Å². The van der Waals surface area contributed by atoms with E-state index >= 15 is 0 Å². The number of hydrogen-bond acceptors (Lipinski definition) is 4. The summed E-state index contributed by atoms with van der Waals surface area (Å²) >= 11 is 1.68. The Morgan fingerprint density at radius 2 is 1.95 bits per heavy atom. The maximum Gasteiger partial charge on any atom is 0.205 e. The summed E-state index contributed by atoms with van der Waals surface area (Å²) in [5.41, 5.74) is 2.80. The second-order valence-corrected chi connectivity index (χ2v) is 6.34. The van der Waals surface area contributed by atoms with Crippen LogP contribution in [0.4, 0.5) is 5.13 Å². The van der Waals surface area contributed by atoms with Gasteiger partial charge in [-0.05, 0) is 37.7 Å². The van der Waals surface area contributed by atoms with Crippen molar-refractivity contribution in [1.29, 1.82) is 0 Å². The third-order valence-corrected chi connectivity index (χ3v) is 4.78. The zero-order valence-corrected chi connectivity index (χ0v) is 12.2. The number of nitrogens with one attached hydrogen (secondary N) is 1. The van der Waals surface area contributed by atoms with Crippen molar-refractivity contribution in [2.24, 2.45) is 0 Å². The van der Waals surface area contributed by atoms with Gasteiger partial charge < -0.3 is 5.32 Å². The molecule has 0 saturated heterocycles. The normalized spacial score (nSPS) is 22.0. The molecule has 0 atom stereocenters. The van der Waals surface area contributed by atoms with Crippen molar-refractivity contribution in [3.8, 4) is 0 Å².